The zero-order valence-corrected chi connectivity index (χ0v) is 17.2. The number of ether oxygens (including phenoxy) is 1. The second-order valence-corrected chi connectivity index (χ2v) is 10.1. The molecule has 0 unspecified atom stereocenters. The lowest BCUT2D eigenvalue weighted by atomic mass is 9.44. The average Bonchev–Trinajstić information content (AvgIpc) is 2.95. The molecular weight excluding hydrogens is 340 g/mol. The minimum atomic E-state index is -0.351. The van der Waals surface area contributed by atoms with Gasteiger partial charge in [0.2, 0.25) is 0 Å². The molecule has 4 aliphatic rings. The van der Waals surface area contributed by atoms with E-state index in [4.69, 9.17) is 4.74 Å². The van der Waals surface area contributed by atoms with Crippen LogP contribution in [0.4, 0.5) is 0 Å². The van der Waals surface area contributed by atoms with E-state index in [-0.39, 0.29) is 34.8 Å². The number of Topliss-reactive ketones (excluding diaryl/α,β-unsaturated/α-hetero) is 1. The molecule has 1 N–H and O–H groups in total. The van der Waals surface area contributed by atoms with Crippen molar-refractivity contribution in [3.05, 3.63) is 11.6 Å². The van der Waals surface area contributed by atoms with Crippen molar-refractivity contribution >= 4 is 11.8 Å². The first-order chi connectivity index (χ1) is 12.7. The van der Waals surface area contributed by atoms with E-state index in [9.17, 15) is 14.7 Å². The summed E-state index contributed by atoms with van der Waals surface area (Å²) in [4.78, 5) is 24.3. The number of rotatable bonds is 2. The van der Waals surface area contributed by atoms with Gasteiger partial charge in [0.25, 0.3) is 0 Å². The highest BCUT2D eigenvalue weighted by Gasteiger charge is 2.63. The first-order valence-corrected chi connectivity index (χ1v) is 10.7. The number of aliphatic hydroxyl groups excluding tert-OH is 1. The lowest BCUT2D eigenvalue weighted by Gasteiger charge is -2.62. The molecule has 0 saturated heterocycles. The fourth-order valence-corrected chi connectivity index (χ4v) is 7.65. The lowest BCUT2D eigenvalue weighted by molar-refractivity contribution is -0.183. The fraction of sp³-hybridized carbons (Fsp3) is 0.826. The van der Waals surface area contributed by atoms with E-state index in [0.29, 0.717) is 23.7 Å². The van der Waals surface area contributed by atoms with Gasteiger partial charge < -0.3 is 9.84 Å². The van der Waals surface area contributed by atoms with Crippen molar-refractivity contribution in [3.8, 4) is 0 Å². The molecule has 0 spiro atoms. The normalized spacial score (nSPS) is 48.7. The van der Waals surface area contributed by atoms with Crippen molar-refractivity contribution in [1.29, 1.82) is 0 Å². The Balaban J connectivity index is 1.72. The standard InChI is InChI=1S/C23H34O4/c1-13(24)18-7-8-19-17-6-5-15-11-16(26)9-10-22(15,3)20(17)12-21(23(18,19)4)27-14(2)25/h7,15-17,19-21,26H,5-6,8-12H2,1-4H3/t15-,16-,17-,19-,20-,21-,22-,23+/m0/s1. The summed E-state index contributed by atoms with van der Waals surface area (Å²) in [5.41, 5.74) is 0.736. The van der Waals surface area contributed by atoms with Crippen LogP contribution in [0.25, 0.3) is 0 Å². The van der Waals surface area contributed by atoms with Gasteiger partial charge in [-0.15, -0.1) is 0 Å². The van der Waals surface area contributed by atoms with Crippen molar-refractivity contribution in [2.24, 2.45) is 34.5 Å². The van der Waals surface area contributed by atoms with Crippen LogP contribution in [0.2, 0.25) is 0 Å². The summed E-state index contributed by atoms with van der Waals surface area (Å²) in [5.74, 6) is 1.90. The highest BCUT2D eigenvalue weighted by atomic mass is 16.5. The van der Waals surface area contributed by atoms with Crippen molar-refractivity contribution < 1.29 is 19.4 Å². The van der Waals surface area contributed by atoms with Crippen LogP contribution >= 0.6 is 0 Å². The Hall–Kier alpha value is -1.16. The number of allylic oxidation sites excluding steroid dienone is 1. The van der Waals surface area contributed by atoms with Gasteiger partial charge in [0.05, 0.1) is 6.10 Å². The molecule has 0 bridgehead atoms. The van der Waals surface area contributed by atoms with Crippen LogP contribution in [0.15, 0.2) is 11.6 Å². The highest BCUT2D eigenvalue weighted by Crippen LogP contribution is 2.66. The number of fused-ring (bicyclic) bond motifs is 5. The maximum atomic E-state index is 12.4. The molecule has 0 aromatic rings. The van der Waals surface area contributed by atoms with Crippen LogP contribution in [0.1, 0.15) is 72.6 Å². The Morgan fingerprint density at radius 2 is 1.85 bits per heavy atom. The number of carbonyl (C=O) groups excluding carboxylic acids is 2. The van der Waals surface area contributed by atoms with E-state index in [1.807, 2.05) is 0 Å². The van der Waals surface area contributed by atoms with Crippen molar-refractivity contribution in [2.45, 2.75) is 84.8 Å². The first kappa shape index (κ1) is 19.2. The molecule has 0 aliphatic heterocycles. The van der Waals surface area contributed by atoms with Gasteiger partial charge in [-0.2, -0.15) is 0 Å². The summed E-state index contributed by atoms with van der Waals surface area (Å²) in [6.45, 7) is 7.72. The van der Waals surface area contributed by atoms with E-state index < -0.39 is 0 Å². The Labute approximate surface area is 162 Å². The highest BCUT2D eigenvalue weighted by molar-refractivity contribution is 5.95. The molecule has 4 heteroatoms. The van der Waals surface area contributed by atoms with Crippen molar-refractivity contribution in [1.82, 2.24) is 0 Å². The lowest BCUT2D eigenvalue weighted by Crippen LogP contribution is -2.59. The summed E-state index contributed by atoms with van der Waals surface area (Å²) in [6.07, 6.45) is 8.73. The number of aliphatic hydroxyl groups is 1. The van der Waals surface area contributed by atoms with Gasteiger partial charge in [-0.1, -0.05) is 19.9 Å². The van der Waals surface area contributed by atoms with Gasteiger partial charge in [0.15, 0.2) is 5.78 Å². The summed E-state index contributed by atoms with van der Waals surface area (Å²) in [5, 5.41) is 10.2. The van der Waals surface area contributed by atoms with E-state index in [1.54, 1.807) is 6.92 Å². The first-order valence-electron chi connectivity index (χ1n) is 10.7. The van der Waals surface area contributed by atoms with Gasteiger partial charge >= 0.3 is 5.97 Å². The molecule has 0 heterocycles. The largest absolute Gasteiger partial charge is 0.462 e. The minimum Gasteiger partial charge on any atom is -0.462 e. The van der Waals surface area contributed by atoms with Crippen LogP contribution in [0.3, 0.4) is 0 Å². The molecule has 0 aromatic heterocycles. The molecule has 0 radical (unpaired) electrons. The summed E-state index contributed by atoms with van der Waals surface area (Å²) < 4.78 is 5.90. The molecule has 0 aromatic carbocycles. The predicted octanol–water partition coefficient (Wildman–Crippen LogP) is 4.06. The molecule has 3 fully saturated rings. The van der Waals surface area contributed by atoms with Gasteiger partial charge in [-0.25, -0.2) is 0 Å². The van der Waals surface area contributed by atoms with E-state index >= 15 is 0 Å². The van der Waals surface area contributed by atoms with Crippen LogP contribution in [-0.2, 0) is 14.3 Å². The second kappa shape index (κ2) is 6.43. The maximum absolute atomic E-state index is 12.4. The van der Waals surface area contributed by atoms with Gasteiger partial charge in [0, 0.05) is 17.9 Å². The fourth-order valence-electron chi connectivity index (χ4n) is 7.65. The Kier molecular flexibility index (Phi) is 4.57. The van der Waals surface area contributed by atoms with Crippen LogP contribution in [0, 0.1) is 34.5 Å². The third-order valence-corrected chi connectivity index (χ3v) is 8.99. The topological polar surface area (TPSA) is 63.6 Å². The Morgan fingerprint density at radius 1 is 1.11 bits per heavy atom. The second-order valence-electron chi connectivity index (χ2n) is 10.1. The smallest absolute Gasteiger partial charge is 0.302 e. The van der Waals surface area contributed by atoms with Gasteiger partial charge in [-0.05, 0) is 81.0 Å². The van der Waals surface area contributed by atoms with E-state index in [1.165, 1.54) is 19.8 Å². The third kappa shape index (κ3) is 2.73. The zero-order chi connectivity index (χ0) is 19.6. The molecule has 0 amide bonds. The maximum Gasteiger partial charge on any atom is 0.302 e. The molecule has 3 saturated carbocycles. The molecule has 8 atom stereocenters. The number of hydrogen-bond donors (Lipinski definition) is 1. The molecule has 4 aliphatic carbocycles. The molecule has 4 nitrogen and oxygen atoms in total. The summed E-state index contributed by atoms with van der Waals surface area (Å²) in [6, 6.07) is 0. The molecule has 27 heavy (non-hydrogen) atoms. The molecule has 150 valence electrons. The number of hydrogen-bond acceptors (Lipinski definition) is 4. The molecule has 4 rings (SSSR count). The minimum absolute atomic E-state index is 0.122. The quantitative estimate of drug-likeness (QED) is 0.741. The number of ketones is 1. The monoisotopic (exact) mass is 374 g/mol. The van der Waals surface area contributed by atoms with Crippen LogP contribution < -0.4 is 0 Å². The SMILES string of the molecule is CC(=O)O[C@H]1C[C@H]2[C@@H](CC[C@H]3C[C@@H](O)CC[C@@]32C)[C@@H]2CC=C(C(C)=O)[C@@]12C. The Bertz CT molecular complexity index is 682. The van der Waals surface area contributed by atoms with E-state index in [2.05, 4.69) is 19.9 Å². The van der Waals surface area contributed by atoms with Gasteiger partial charge in [-0.3, -0.25) is 9.59 Å². The predicted molar refractivity (Wildman–Crippen MR) is 103 cm³/mol. The Morgan fingerprint density at radius 3 is 2.52 bits per heavy atom. The molecular formula is C23H34O4. The average molecular weight is 375 g/mol. The van der Waals surface area contributed by atoms with Gasteiger partial charge in [0.1, 0.15) is 6.10 Å². The third-order valence-electron chi connectivity index (χ3n) is 8.99. The van der Waals surface area contributed by atoms with E-state index in [0.717, 1.165) is 37.7 Å². The van der Waals surface area contributed by atoms with Crippen LogP contribution in [-0.4, -0.2) is 29.1 Å². The van der Waals surface area contributed by atoms with Crippen molar-refractivity contribution in [2.75, 3.05) is 0 Å². The number of carbonyl (C=O) groups is 2. The van der Waals surface area contributed by atoms with Crippen molar-refractivity contribution in [3.63, 3.8) is 0 Å². The number of esters is 1. The summed E-state index contributed by atoms with van der Waals surface area (Å²) >= 11 is 0. The van der Waals surface area contributed by atoms with Crippen LogP contribution in [0.5, 0.6) is 0 Å². The zero-order valence-electron chi connectivity index (χ0n) is 17.2. The summed E-state index contributed by atoms with van der Waals surface area (Å²) in [7, 11) is 0.